The number of hydrogen-bond donors (Lipinski definition) is 1. The first-order valence-electron chi connectivity index (χ1n) is 8.27. The molecule has 1 N–H and O–H groups in total. The van der Waals surface area contributed by atoms with E-state index >= 15 is 0 Å². The molecule has 0 unspecified atom stereocenters. The van der Waals surface area contributed by atoms with E-state index in [4.69, 9.17) is 16.0 Å². The van der Waals surface area contributed by atoms with Gasteiger partial charge in [-0.25, -0.2) is 0 Å². The fourth-order valence-corrected chi connectivity index (χ4v) is 3.11. The Morgan fingerprint density at radius 1 is 0.962 bits per heavy atom. The Bertz CT molecular complexity index is 1080. The Morgan fingerprint density at radius 2 is 1.69 bits per heavy atom. The number of carbonyl (C=O) groups excluding carboxylic acids is 1. The minimum absolute atomic E-state index is 0.282. The number of aryl methyl sites for hydroxylation is 1. The van der Waals surface area contributed by atoms with Gasteiger partial charge in [-0.05, 0) is 48.9 Å². The number of rotatable bonds is 3. The van der Waals surface area contributed by atoms with Crippen LogP contribution in [0.4, 0.5) is 5.69 Å². The number of halogens is 1. The normalized spacial score (nSPS) is 10.8. The minimum atomic E-state index is -0.282. The van der Waals surface area contributed by atoms with E-state index in [1.165, 1.54) is 0 Å². The van der Waals surface area contributed by atoms with Crippen molar-refractivity contribution in [1.29, 1.82) is 0 Å². The highest BCUT2D eigenvalue weighted by molar-refractivity contribution is 6.30. The van der Waals surface area contributed by atoms with Gasteiger partial charge in [-0.3, -0.25) is 4.79 Å². The summed E-state index contributed by atoms with van der Waals surface area (Å²) in [6.07, 6.45) is 0. The summed E-state index contributed by atoms with van der Waals surface area (Å²) in [5, 5.41) is 4.45. The molecule has 26 heavy (non-hydrogen) atoms. The standard InChI is InChI=1S/C22H16ClNO2/c1-14-7-12-19-18(13-14)20(15-8-10-16(23)11-9-15)21(26-19)22(25)24-17-5-3-2-4-6-17/h2-13H,1H3,(H,24,25). The van der Waals surface area contributed by atoms with Crippen molar-refractivity contribution in [1.82, 2.24) is 0 Å². The Hall–Kier alpha value is -3.04. The van der Waals surface area contributed by atoms with Crippen LogP contribution < -0.4 is 5.32 Å². The smallest absolute Gasteiger partial charge is 0.292 e. The molecule has 4 aromatic rings. The lowest BCUT2D eigenvalue weighted by Crippen LogP contribution is -2.11. The van der Waals surface area contributed by atoms with E-state index in [0.717, 1.165) is 27.8 Å². The molecule has 3 nitrogen and oxygen atoms in total. The number of para-hydroxylation sites is 1. The molecule has 128 valence electrons. The predicted octanol–water partition coefficient (Wildman–Crippen LogP) is 6.31. The van der Waals surface area contributed by atoms with Gasteiger partial charge in [0.25, 0.3) is 5.91 Å². The van der Waals surface area contributed by atoms with E-state index in [9.17, 15) is 4.79 Å². The van der Waals surface area contributed by atoms with E-state index < -0.39 is 0 Å². The minimum Gasteiger partial charge on any atom is -0.450 e. The van der Waals surface area contributed by atoms with Gasteiger partial charge in [0.05, 0.1) is 0 Å². The quantitative estimate of drug-likeness (QED) is 0.464. The van der Waals surface area contributed by atoms with Crippen molar-refractivity contribution >= 4 is 34.2 Å². The number of hydrogen-bond acceptors (Lipinski definition) is 2. The molecule has 0 atom stereocenters. The molecule has 1 amide bonds. The van der Waals surface area contributed by atoms with Crippen molar-refractivity contribution in [2.24, 2.45) is 0 Å². The lowest BCUT2D eigenvalue weighted by molar-refractivity contribution is 0.0999. The van der Waals surface area contributed by atoms with Gasteiger partial charge in [0.1, 0.15) is 5.58 Å². The zero-order valence-corrected chi connectivity index (χ0v) is 14.9. The van der Waals surface area contributed by atoms with Crippen LogP contribution in [-0.4, -0.2) is 5.91 Å². The van der Waals surface area contributed by atoms with Gasteiger partial charge in [0.2, 0.25) is 5.76 Å². The fraction of sp³-hybridized carbons (Fsp3) is 0.0455. The molecule has 4 rings (SSSR count). The summed E-state index contributed by atoms with van der Waals surface area (Å²) in [5.41, 5.74) is 4.16. The van der Waals surface area contributed by atoms with E-state index in [1.807, 2.05) is 79.7 Å². The highest BCUT2D eigenvalue weighted by Crippen LogP contribution is 2.36. The van der Waals surface area contributed by atoms with Crippen LogP contribution in [0.25, 0.3) is 22.1 Å². The van der Waals surface area contributed by atoms with Gasteiger partial charge in [0.15, 0.2) is 0 Å². The van der Waals surface area contributed by atoms with E-state index in [-0.39, 0.29) is 11.7 Å². The molecule has 0 saturated carbocycles. The molecule has 0 radical (unpaired) electrons. The second kappa shape index (κ2) is 6.70. The Balaban J connectivity index is 1.87. The lowest BCUT2D eigenvalue weighted by atomic mass is 10.0. The first-order chi connectivity index (χ1) is 12.6. The molecule has 4 heteroatoms. The summed E-state index contributed by atoms with van der Waals surface area (Å²) >= 11 is 6.02. The van der Waals surface area contributed by atoms with Crippen LogP contribution in [0.1, 0.15) is 16.1 Å². The third-order valence-corrected chi connectivity index (χ3v) is 4.47. The zero-order chi connectivity index (χ0) is 18.1. The van der Waals surface area contributed by atoms with Gasteiger partial charge < -0.3 is 9.73 Å². The molecule has 0 aliphatic heterocycles. The van der Waals surface area contributed by atoms with Crippen LogP contribution in [0, 0.1) is 6.92 Å². The second-order valence-corrected chi connectivity index (χ2v) is 6.57. The summed E-state index contributed by atoms with van der Waals surface area (Å²) in [4.78, 5) is 12.9. The number of anilines is 1. The third-order valence-electron chi connectivity index (χ3n) is 4.21. The number of carbonyl (C=O) groups is 1. The number of fused-ring (bicyclic) bond motifs is 1. The summed E-state index contributed by atoms with van der Waals surface area (Å²) in [5.74, 6) is 0.00628. The van der Waals surface area contributed by atoms with Gasteiger partial charge in [-0.2, -0.15) is 0 Å². The van der Waals surface area contributed by atoms with Gasteiger partial charge >= 0.3 is 0 Å². The van der Waals surface area contributed by atoms with Crippen LogP contribution >= 0.6 is 11.6 Å². The molecule has 0 spiro atoms. The van der Waals surface area contributed by atoms with Crippen molar-refractivity contribution in [2.75, 3.05) is 5.32 Å². The predicted molar refractivity (Wildman–Crippen MR) is 106 cm³/mol. The number of benzene rings is 3. The van der Waals surface area contributed by atoms with Crippen LogP contribution in [0.5, 0.6) is 0 Å². The van der Waals surface area contributed by atoms with Crippen molar-refractivity contribution in [3.63, 3.8) is 0 Å². The number of nitrogens with one attached hydrogen (secondary N) is 1. The Labute approximate surface area is 156 Å². The van der Waals surface area contributed by atoms with Gasteiger partial charge in [-0.15, -0.1) is 0 Å². The number of furan rings is 1. The summed E-state index contributed by atoms with van der Waals surface area (Å²) in [6, 6.07) is 22.6. The van der Waals surface area contributed by atoms with Gasteiger partial charge in [0, 0.05) is 21.7 Å². The molecule has 1 aromatic heterocycles. The average molecular weight is 362 g/mol. The zero-order valence-electron chi connectivity index (χ0n) is 14.1. The maximum Gasteiger partial charge on any atom is 0.292 e. The van der Waals surface area contributed by atoms with E-state index in [1.54, 1.807) is 0 Å². The molecular weight excluding hydrogens is 346 g/mol. The molecule has 3 aromatic carbocycles. The van der Waals surface area contributed by atoms with E-state index in [2.05, 4.69) is 5.32 Å². The van der Waals surface area contributed by atoms with Crippen LogP contribution in [0.3, 0.4) is 0 Å². The fourth-order valence-electron chi connectivity index (χ4n) is 2.98. The van der Waals surface area contributed by atoms with Crippen molar-refractivity contribution < 1.29 is 9.21 Å². The largest absolute Gasteiger partial charge is 0.450 e. The van der Waals surface area contributed by atoms with Gasteiger partial charge in [-0.1, -0.05) is 53.6 Å². The van der Waals surface area contributed by atoms with Crippen molar-refractivity contribution in [2.45, 2.75) is 6.92 Å². The average Bonchev–Trinajstić information content (AvgIpc) is 3.02. The maximum atomic E-state index is 12.9. The first-order valence-corrected chi connectivity index (χ1v) is 8.65. The van der Waals surface area contributed by atoms with Crippen LogP contribution in [0.2, 0.25) is 5.02 Å². The lowest BCUT2D eigenvalue weighted by Gasteiger charge is -2.06. The third kappa shape index (κ3) is 3.09. The molecule has 0 aliphatic rings. The SMILES string of the molecule is Cc1ccc2oc(C(=O)Nc3ccccc3)c(-c3ccc(Cl)cc3)c2c1. The highest BCUT2D eigenvalue weighted by atomic mass is 35.5. The second-order valence-electron chi connectivity index (χ2n) is 6.13. The molecule has 0 bridgehead atoms. The van der Waals surface area contributed by atoms with Crippen LogP contribution in [-0.2, 0) is 0 Å². The molecule has 0 fully saturated rings. The van der Waals surface area contributed by atoms with Crippen LogP contribution in [0.15, 0.2) is 77.2 Å². The monoisotopic (exact) mass is 361 g/mol. The van der Waals surface area contributed by atoms with Crippen molar-refractivity contribution in [3.05, 3.63) is 89.1 Å². The topological polar surface area (TPSA) is 42.2 Å². The summed E-state index contributed by atoms with van der Waals surface area (Å²) in [7, 11) is 0. The molecule has 1 heterocycles. The first kappa shape index (κ1) is 16.4. The number of amides is 1. The highest BCUT2D eigenvalue weighted by Gasteiger charge is 2.22. The Morgan fingerprint density at radius 3 is 2.42 bits per heavy atom. The Kier molecular flexibility index (Phi) is 4.23. The van der Waals surface area contributed by atoms with Crippen molar-refractivity contribution in [3.8, 4) is 11.1 Å². The maximum absolute atomic E-state index is 12.9. The van der Waals surface area contributed by atoms with E-state index in [0.29, 0.717) is 10.6 Å². The summed E-state index contributed by atoms with van der Waals surface area (Å²) < 4.78 is 5.93. The molecule has 0 aliphatic carbocycles. The molecular formula is C22H16ClNO2. The summed E-state index contributed by atoms with van der Waals surface area (Å²) in [6.45, 7) is 2.02. The molecule has 0 saturated heterocycles.